The lowest BCUT2D eigenvalue weighted by atomic mass is 9.85. The number of hydrogen-bond acceptors (Lipinski definition) is 5. The molecular formula is C33H30F3NO4. The maximum Gasteiger partial charge on any atom is 0.417 e. The summed E-state index contributed by atoms with van der Waals surface area (Å²) in [5.74, 6) is 0.272. The average Bonchev–Trinajstić information content (AvgIpc) is 2.95. The van der Waals surface area contributed by atoms with Crippen molar-refractivity contribution in [2.45, 2.75) is 25.2 Å². The molecule has 1 atom stereocenters. The summed E-state index contributed by atoms with van der Waals surface area (Å²) < 4.78 is 55.8. The van der Waals surface area contributed by atoms with Gasteiger partial charge in [0.05, 0.1) is 12.2 Å². The first kappa shape index (κ1) is 28.1. The number of alkyl halides is 3. The van der Waals surface area contributed by atoms with Gasteiger partial charge in [0.1, 0.15) is 23.0 Å². The van der Waals surface area contributed by atoms with Gasteiger partial charge in [0, 0.05) is 30.3 Å². The third-order valence-electron chi connectivity index (χ3n) is 6.90. The summed E-state index contributed by atoms with van der Waals surface area (Å²) in [6.45, 7) is 2.17. The third kappa shape index (κ3) is 6.66. The predicted molar refractivity (Wildman–Crippen MR) is 152 cm³/mol. The Kier molecular flexibility index (Phi) is 8.21. The number of aromatic hydroxyl groups is 2. The molecule has 0 aromatic heterocycles. The molecule has 1 unspecified atom stereocenters. The van der Waals surface area contributed by atoms with Crippen LogP contribution in [0.15, 0.2) is 97.1 Å². The standard InChI is InChI=1S/C33H30F3NO4/c1-37(21-22-6-3-2-4-7-22)18-5-19-40-27-15-10-24(11-16-27)32-30(23-8-12-25(38)13-9-23)31(33(34,35)36)28-17-14-26(39)20-29(28)41-32/h2-4,6-17,20,32,38-39H,5,18-19,21H2,1H3. The highest BCUT2D eigenvalue weighted by molar-refractivity contribution is 5.98. The van der Waals surface area contributed by atoms with Gasteiger partial charge in [-0.1, -0.05) is 54.6 Å². The minimum absolute atomic E-state index is 0.0609. The molecule has 0 spiro atoms. The van der Waals surface area contributed by atoms with E-state index < -0.39 is 17.9 Å². The van der Waals surface area contributed by atoms with E-state index in [0.717, 1.165) is 19.5 Å². The molecule has 4 aromatic rings. The third-order valence-corrected chi connectivity index (χ3v) is 6.90. The summed E-state index contributed by atoms with van der Waals surface area (Å²) in [7, 11) is 2.05. The highest BCUT2D eigenvalue weighted by atomic mass is 19.4. The van der Waals surface area contributed by atoms with E-state index in [0.29, 0.717) is 17.9 Å². The van der Waals surface area contributed by atoms with Crippen molar-refractivity contribution in [3.8, 4) is 23.0 Å². The second kappa shape index (κ2) is 12.0. The Balaban J connectivity index is 1.36. The van der Waals surface area contributed by atoms with Gasteiger partial charge in [0.25, 0.3) is 0 Å². The number of ether oxygens (including phenoxy) is 2. The molecule has 8 heteroatoms. The molecule has 5 rings (SSSR count). The number of rotatable bonds is 9. The Morgan fingerprint density at radius 3 is 2.22 bits per heavy atom. The normalized spacial score (nSPS) is 15.0. The lowest BCUT2D eigenvalue weighted by Gasteiger charge is -2.33. The molecule has 0 aliphatic carbocycles. The van der Waals surface area contributed by atoms with E-state index >= 15 is 0 Å². The number of nitrogens with zero attached hydrogens (tertiary/aromatic N) is 1. The van der Waals surface area contributed by atoms with Crippen LogP contribution in [-0.2, 0) is 6.54 Å². The zero-order chi connectivity index (χ0) is 29.0. The first-order chi connectivity index (χ1) is 19.7. The van der Waals surface area contributed by atoms with Crippen LogP contribution in [0.1, 0.15) is 34.8 Å². The van der Waals surface area contributed by atoms with Crippen LogP contribution in [0.5, 0.6) is 23.0 Å². The van der Waals surface area contributed by atoms with Gasteiger partial charge in [0.2, 0.25) is 0 Å². The minimum atomic E-state index is -4.71. The second-order valence-electron chi connectivity index (χ2n) is 10.0. The molecule has 4 aromatic carbocycles. The highest BCUT2D eigenvalue weighted by Gasteiger charge is 2.44. The molecule has 1 aliphatic rings. The summed E-state index contributed by atoms with van der Waals surface area (Å²) in [6.07, 6.45) is -5.02. The fourth-order valence-electron chi connectivity index (χ4n) is 4.99. The van der Waals surface area contributed by atoms with Gasteiger partial charge in [-0.2, -0.15) is 13.2 Å². The number of benzene rings is 4. The van der Waals surface area contributed by atoms with Crippen molar-refractivity contribution in [3.63, 3.8) is 0 Å². The highest BCUT2D eigenvalue weighted by Crippen LogP contribution is 2.53. The van der Waals surface area contributed by atoms with Crippen LogP contribution >= 0.6 is 0 Å². The van der Waals surface area contributed by atoms with Gasteiger partial charge in [-0.3, -0.25) is 0 Å². The zero-order valence-corrected chi connectivity index (χ0v) is 22.4. The van der Waals surface area contributed by atoms with Gasteiger partial charge in [0.15, 0.2) is 6.10 Å². The van der Waals surface area contributed by atoms with Crippen LogP contribution < -0.4 is 9.47 Å². The molecule has 0 radical (unpaired) electrons. The quantitative estimate of drug-likeness (QED) is 0.206. The Morgan fingerprint density at radius 1 is 0.854 bits per heavy atom. The van der Waals surface area contributed by atoms with Gasteiger partial charge < -0.3 is 24.6 Å². The largest absolute Gasteiger partial charge is 0.508 e. The maximum atomic E-state index is 14.6. The molecule has 41 heavy (non-hydrogen) atoms. The number of hydrogen-bond donors (Lipinski definition) is 2. The zero-order valence-electron chi connectivity index (χ0n) is 22.4. The fourth-order valence-corrected chi connectivity index (χ4v) is 4.99. The van der Waals surface area contributed by atoms with E-state index in [2.05, 4.69) is 24.1 Å². The average molecular weight is 562 g/mol. The Bertz CT molecular complexity index is 1500. The lowest BCUT2D eigenvalue weighted by molar-refractivity contribution is -0.0695. The number of halogens is 3. The van der Waals surface area contributed by atoms with E-state index in [1.807, 2.05) is 18.2 Å². The number of allylic oxidation sites excluding steroid dienone is 1. The van der Waals surface area contributed by atoms with Crippen molar-refractivity contribution in [3.05, 3.63) is 119 Å². The lowest BCUT2D eigenvalue weighted by Crippen LogP contribution is -2.23. The number of phenols is 2. The molecule has 0 amide bonds. The molecule has 5 nitrogen and oxygen atoms in total. The summed E-state index contributed by atoms with van der Waals surface area (Å²) in [5.41, 5.74) is 0.897. The Morgan fingerprint density at radius 2 is 1.54 bits per heavy atom. The number of fused-ring (bicyclic) bond motifs is 1. The van der Waals surface area contributed by atoms with Crippen LogP contribution in [-0.4, -0.2) is 41.5 Å². The molecule has 212 valence electrons. The van der Waals surface area contributed by atoms with Crippen molar-refractivity contribution < 1.29 is 32.9 Å². The van der Waals surface area contributed by atoms with Crippen LogP contribution in [0.3, 0.4) is 0 Å². The van der Waals surface area contributed by atoms with E-state index in [9.17, 15) is 23.4 Å². The maximum absolute atomic E-state index is 14.6. The number of phenolic OH excluding ortho intramolecular Hbond substituents is 2. The van der Waals surface area contributed by atoms with Gasteiger partial charge in [-0.15, -0.1) is 0 Å². The van der Waals surface area contributed by atoms with Crippen molar-refractivity contribution in [1.29, 1.82) is 0 Å². The smallest absolute Gasteiger partial charge is 0.417 e. The van der Waals surface area contributed by atoms with Crippen LogP contribution in [0, 0.1) is 0 Å². The first-order valence-electron chi connectivity index (χ1n) is 13.2. The topological polar surface area (TPSA) is 62.2 Å². The molecular weight excluding hydrogens is 531 g/mol. The van der Waals surface area contributed by atoms with Crippen molar-refractivity contribution in [2.24, 2.45) is 0 Å². The monoisotopic (exact) mass is 561 g/mol. The van der Waals surface area contributed by atoms with Crippen molar-refractivity contribution in [1.82, 2.24) is 4.90 Å². The molecule has 1 heterocycles. The molecule has 0 fully saturated rings. The van der Waals surface area contributed by atoms with Gasteiger partial charge >= 0.3 is 6.18 Å². The second-order valence-corrected chi connectivity index (χ2v) is 10.0. The van der Waals surface area contributed by atoms with E-state index in [4.69, 9.17) is 9.47 Å². The summed E-state index contributed by atoms with van der Waals surface area (Å²) in [5, 5.41) is 19.7. The summed E-state index contributed by atoms with van der Waals surface area (Å²) in [6, 6.07) is 26.2. The fraction of sp³-hybridized carbons (Fsp3) is 0.212. The molecule has 0 saturated heterocycles. The minimum Gasteiger partial charge on any atom is -0.508 e. The van der Waals surface area contributed by atoms with Crippen molar-refractivity contribution >= 4 is 11.1 Å². The van der Waals surface area contributed by atoms with Gasteiger partial charge in [-0.05, 0) is 66.6 Å². The van der Waals surface area contributed by atoms with Crippen LogP contribution in [0.4, 0.5) is 13.2 Å². The molecule has 2 N–H and O–H groups in total. The van der Waals surface area contributed by atoms with Crippen molar-refractivity contribution in [2.75, 3.05) is 20.2 Å². The van der Waals surface area contributed by atoms with Crippen LogP contribution in [0.2, 0.25) is 0 Å². The Labute approximate surface area is 236 Å². The molecule has 0 bridgehead atoms. The van der Waals surface area contributed by atoms with E-state index in [-0.39, 0.29) is 33.9 Å². The Hall–Kier alpha value is -4.43. The van der Waals surface area contributed by atoms with Crippen LogP contribution in [0.25, 0.3) is 11.1 Å². The molecule has 0 saturated carbocycles. The SMILES string of the molecule is CN(CCCOc1ccc(C2Oc3cc(O)ccc3C(C(F)(F)F)=C2c2ccc(O)cc2)cc1)Cc1ccccc1. The summed E-state index contributed by atoms with van der Waals surface area (Å²) >= 11 is 0. The first-order valence-corrected chi connectivity index (χ1v) is 13.2. The van der Waals surface area contributed by atoms with E-state index in [1.54, 1.807) is 24.3 Å². The predicted octanol–water partition coefficient (Wildman–Crippen LogP) is 7.61. The van der Waals surface area contributed by atoms with E-state index in [1.165, 1.54) is 48.0 Å². The molecule has 1 aliphatic heterocycles. The van der Waals surface area contributed by atoms with Gasteiger partial charge in [-0.25, -0.2) is 0 Å². The summed E-state index contributed by atoms with van der Waals surface area (Å²) in [4.78, 5) is 2.22.